The second-order valence-corrected chi connectivity index (χ2v) is 7.35. The molecular formula is C16H11ClO4S. The number of sulfone groups is 1. The summed E-state index contributed by atoms with van der Waals surface area (Å²) in [4.78, 5) is 25.1. The predicted octanol–water partition coefficient (Wildman–Crippen LogP) is 2.47. The molecule has 2 aromatic carbocycles. The number of halogens is 1. The highest BCUT2D eigenvalue weighted by atomic mass is 35.5. The highest BCUT2D eigenvalue weighted by Gasteiger charge is 2.34. The first-order chi connectivity index (χ1) is 10.5. The molecule has 0 aromatic heterocycles. The number of hydrogen-bond donors (Lipinski definition) is 0. The Balaban J connectivity index is 2.31. The van der Waals surface area contributed by atoms with Crippen molar-refractivity contribution in [1.82, 2.24) is 0 Å². The van der Waals surface area contributed by atoms with Crippen LogP contribution >= 0.6 is 11.6 Å². The first-order valence-corrected chi connectivity index (χ1v) is 8.76. The topological polar surface area (TPSA) is 68.3 Å². The predicted molar refractivity (Wildman–Crippen MR) is 82.5 cm³/mol. The molecule has 0 saturated carbocycles. The maximum absolute atomic E-state index is 12.7. The summed E-state index contributed by atoms with van der Waals surface area (Å²) in [5, 5.41) is 0. The quantitative estimate of drug-likeness (QED) is 0.690. The Bertz CT molecular complexity index is 900. The second kappa shape index (κ2) is 5.34. The number of rotatable bonds is 3. The summed E-state index contributed by atoms with van der Waals surface area (Å²) in [7, 11) is -3.72. The van der Waals surface area contributed by atoms with Crippen molar-refractivity contribution in [2.75, 3.05) is 11.6 Å². The molecule has 0 atom stereocenters. The molecule has 0 unspecified atom stereocenters. The fourth-order valence-electron chi connectivity index (χ4n) is 2.58. The van der Waals surface area contributed by atoms with Crippen LogP contribution in [0.1, 0.15) is 31.8 Å². The summed E-state index contributed by atoms with van der Waals surface area (Å²) in [6.45, 7) is 0. The molecule has 1 aliphatic rings. The Morgan fingerprint density at radius 1 is 0.818 bits per heavy atom. The van der Waals surface area contributed by atoms with E-state index in [-0.39, 0.29) is 39.0 Å². The van der Waals surface area contributed by atoms with Crippen LogP contribution in [0.15, 0.2) is 47.4 Å². The molecule has 6 heteroatoms. The summed E-state index contributed by atoms with van der Waals surface area (Å²) >= 11 is 5.53. The van der Waals surface area contributed by atoms with Crippen LogP contribution in [0.25, 0.3) is 0 Å². The first kappa shape index (κ1) is 14.9. The van der Waals surface area contributed by atoms with Gasteiger partial charge in [-0.25, -0.2) is 8.42 Å². The standard InChI is InChI=1S/C16H11ClO4S/c17-8-9-22(20,21)13-7-3-6-12-14(13)16(19)11-5-2-1-4-10(11)15(12)18/h1-7H,8-9H2. The van der Waals surface area contributed by atoms with Gasteiger partial charge in [-0.05, 0) is 6.07 Å². The van der Waals surface area contributed by atoms with Gasteiger partial charge in [0.25, 0.3) is 0 Å². The molecule has 0 fully saturated rings. The van der Waals surface area contributed by atoms with Gasteiger partial charge in [0.2, 0.25) is 0 Å². The Labute approximate surface area is 132 Å². The van der Waals surface area contributed by atoms with Crippen molar-refractivity contribution in [3.8, 4) is 0 Å². The number of fused-ring (bicyclic) bond motifs is 2. The lowest BCUT2D eigenvalue weighted by Crippen LogP contribution is -2.24. The van der Waals surface area contributed by atoms with Crippen molar-refractivity contribution in [2.45, 2.75) is 4.90 Å². The molecule has 0 spiro atoms. The van der Waals surface area contributed by atoms with E-state index >= 15 is 0 Å². The Hall–Kier alpha value is -1.98. The number of benzene rings is 2. The van der Waals surface area contributed by atoms with Crippen molar-refractivity contribution in [2.24, 2.45) is 0 Å². The smallest absolute Gasteiger partial charge is 0.195 e. The molecule has 0 amide bonds. The molecule has 0 heterocycles. The van der Waals surface area contributed by atoms with Gasteiger partial charge in [0.05, 0.1) is 16.2 Å². The molecule has 0 radical (unpaired) electrons. The van der Waals surface area contributed by atoms with E-state index in [1.165, 1.54) is 24.3 Å². The zero-order valence-electron chi connectivity index (χ0n) is 11.4. The van der Waals surface area contributed by atoms with Crippen molar-refractivity contribution in [3.63, 3.8) is 0 Å². The molecule has 2 aromatic rings. The van der Waals surface area contributed by atoms with Crippen LogP contribution in [0.4, 0.5) is 0 Å². The van der Waals surface area contributed by atoms with Gasteiger partial charge in [-0.2, -0.15) is 0 Å². The maximum Gasteiger partial charge on any atom is 0.195 e. The number of carbonyl (C=O) groups excluding carboxylic acids is 2. The van der Waals surface area contributed by atoms with E-state index in [2.05, 4.69) is 0 Å². The Kier molecular flexibility index (Phi) is 3.62. The van der Waals surface area contributed by atoms with E-state index < -0.39 is 15.6 Å². The Morgan fingerprint density at radius 2 is 1.41 bits per heavy atom. The van der Waals surface area contributed by atoms with Gasteiger partial charge in [-0.1, -0.05) is 36.4 Å². The molecule has 0 N–H and O–H groups in total. The van der Waals surface area contributed by atoms with E-state index in [1.807, 2.05) is 0 Å². The molecule has 1 aliphatic carbocycles. The van der Waals surface area contributed by atoms with Gasteiger partial charge in [0, 0.05) is 22.6 Å². The van der Waals surface area contributed by atoms with Crippen molar-refractivity contribution >= 4 is 33.0 Å². The molecule has 0 bridgehead atoms. The van der Waals surface area contributed by atoms with Crippen LogP contribution in [-0.4, -0.2) is 31.6 Å². The van der Waals surface area contributed by atoms with Gasteiger partial charge in [-0.3, -0.25) is 9.59 Å². The summed E-state index contributed by atoms with van der Waals surface area (Å²) < 4.78 is 24.6. The number of hydrogen-bond acceptors (Lipinski definition) is 4. The first-order valence-electron chi connectivity index (χ1n) is 6.57. The van der Waals surface area contributed by atoms with Gasteiger partial charge in [0.15, 0.2) is 21.4 Å². The molecule has 4 nitrogen and oxygen atoms in total. The monoisotopic (exact) mass is 334 g/mol. The highest BCUT2D eigenvalue weighted by Crippen LogP contribution is 2.31. The van der Waals surface area contributed by atoms with Gasteiger partial charge in [-0.15, -0.1) is 11.6 Å². The van der Waals surface area contributed by atoms with Gasteiger partial charge in [0.1, 0.15) is 0 Å². The number of carbonyl (C=O) groups is 2. The van der Waals surface area contributed by atoms with Crippen molar-refractivity contribution < 1.29 is 18.0 Å². The highest BCUT2D eigenvalue weighted by molar-refractivity contribution is 7.91. The van der Waals surface area contributed by atoms with Gasteiger partial charge < -0.3 is 0 Å². The van der Waals surface area contributed by atoms with E-state index in [9.17, 15) is 18.0 Å². The largest absolute Gasteiger partial charge is 0.289 e. The van der Waals surface area contributed by atoms with Crippen LogP contribution in [0.3, 0.4) is 0 Å². The molecule has 112 valence electrons. The molecule has 0 saturated heterocycles. The van der Waals surface area contributed by atoms with Crippen LogP contribution in [-0.2, 0) is 9.84 Å². The van der Waals surface area contributed by atoms with Gasteiger partial charge >= 0.3 is 0 Å². The van der Waals surface area contributed by atoms with E-state index in [0.717, 1.165) is 0 Å². The summed E-state index contributed by atoms with van der Waals surface area (Å²) in [5.74, 6) is -1.15. The third-order valence-electron chi connectivity index (χ3n) is 3.60. The maximum atomic E-state index is 12.7. The Morgan fingerprint density at radius 3 is 2.05 bits per heavy atom. The minimum absolute atomic E-state index is 0.0451. The third kappa shape index (κ3) is 2.17. The van der Waals surface area contributed by atoms with Crippen LogP contribution in [0.5, 0.6) is 0 Å². The van der Waals surface area contributed by atoms with E-state index in [0.29, 0.717) is 5.56 Å². The number of ketones is 2. The van der Waals surface area contributed by atoms with E-state index in [4.69, 9.17) is 11.6 Å². The average Bonchev–Trinajstić information content (AvgIpc) is 2.52. The fraction of sp³-hybridized carbons (Fsp3) is 0.125. The van der Waals surface area contributed by atoms with Crippen LogP contribution in [0.2, 0.25) is 0 Å². The minimum atomic E-state index is -3.72. The molecule has 0 aliphatic heterocycles. The average molecular weight is 335 g/mol. The minimum Gasteiger partial charge on any atom is -0.289 e. The lowest BCUT2D eigenvalue weighted by molar-refractivity contribution is 0.0976. The lowest BCUT2D eigenvalue weighted by atomic mass is 9.84. The lowest BCUT2D eigenvalue weighted by Gasteiger charge is -2.19. The summed E-state index contributed by atoms with van der Waals surface area (Å²) in [5.41, 5.74) is 0.607. The molecule has 3 rings (SSSR count). The summed E-state index contributed by atoms with van der Waals surface area (Å²) in [6, 6.07) is 10.7. The molecule has 22 heavy (non-hydrogen) atoms. The van der Waals surface area contributed by atoms with E-state index in [1.54, 1.807) is 18.2 Å². The normalized spacial score (nSPS) is 13.7. The SMILES string of the molecule is O=C1c2ccccc2C(=O)c2c1cccc2S(=O)(=O)CCCl. The summed E-state index contributed by atoms with van der Waals surface area (Å²) in [6.07, 6.45) is 0. The third-order valence-corrected chi connectivity index (χ3v) is 5.76. The zero-order chi connectivity index (χ0) is 15.9. The second-order valence-electron chi connectivity index (χ2n) is 4.89. The molecular weight excluding hydrogens is 324 g/mol. The number of alkyl halides is 1. The van der Waals surface area contributed by atoms with Crippen LogP contribution < -0.4 is 0 Å². The van der Waals surface area contributed by atoms with Crippen molar-refractivity contribution in [1.29, 1.82) is 0 Å². The van der Waals surface area contributed by atoms with Crippen LogP contribution in [0, 0.1) is 0 Å². The zero-order valence-corrected chi connectivity index (χ0v) is 12.9. The fourth-order valence-corrected chi connectivity index (χ4v) is 4.42. The van der Waals surface area contributed by atoms with Crippen molar-refractivity contribution in [3.05, 3.63) is 64.7 Å².